The minimum absolute atomic E-state index is 0.417. The Labute approximate surface area is 94.1 Å². The molecule has 0 fully saturated rings. The Balaban J connectivity index is 0.000000531. The van der Waals surface area contributed by atoms with Crippen LogP contribution in [0.5, 0.6) is 5.75 Å². The molecule has 2 rings (SSSR count). The summed E-state index contributed by atoms with van der Waals surface area (Å²) in [7, 11) is 1.60. The van der Waals surface area contributed by atoms with Gasteiger partial charge < -0.3 is 4.74 Å². The summed E-state index contributed by atoms with van der Waals surface area (Å²) in [4.78, 5) is 8.06. The van der Waals surface area contributed by atoms with E-state index in [9.17, 15) is 0 Å². The second-order valence-corrected chi connectivity index (χ2v) is 2.91. The van der Waals surface area contributed by atoms with Crippen LogP contribution in [-0.2, 0) is 0 Å². The fourth-order valence-corrected chi connectivity index (χ4v) is 1.33. The number of rotatable bonds is 1. The molecule has 0 aliphatic carbocycles. The van der Waals surface area contributed by atoms with Crippen LogP contribution in [0.3, 0.4) is 0 Å². The van der Waals surface area contributed by atoms with E-state index in [2.05, 4.69) is 9.97 Å². The van der Waals surface area contributed by atoms with E-state index in [4.69, 9.17) is 16.3 Å². The molecule has 2 heterocycles. The number of fused-ring (bicyclic) bond motifs is 1. The van der Waals surface area contributed by atoms with Gasteiger partial charge >= 0.3 is 0 Å². The van der Waals surface area contributed by atoms with Crippen LogP contribution in [0.25, 0.3) is 10.9 Å². The molecule has 0 aliphatic rings. The van der Waals surface area contributed by atoms with E-state index in [1.54, 1.807) is 19.5 Å². The summed E-state index contributed by atoms with van der Waals surface area (Å²) in [5.74, 6) is 0.717. The normalized spacial score (nSPS) is 9.33. The van der Waals surface area contributed by atoms with Gasteiger partial charge in [0.2, 0.25) is 0 Å². The van der Waals surface area contributed by atoms with Gasteiger partial charge in [0.25, 0.3) is 0 Å². The molecule has 0 N–H and O–H groups in total. The lowest BCUT2D eigenvalue weighted by Crippen LogP contribution is -1.87. The zero-order valence-corrected chi connectivity index (χ0v) is 9.75. The number of halogens is 1. The highest BCUT2D eigenvalue weighted by Gasteiger charge is 2.01. The Hall–Kier alpha value is -1.35. The van der Waals surface area contributed by atoms with Crippen LogP contribution in [0.1, 0.15) is 13.8 Å². The molecule has 0 aromatic carbocycles. The Morgan fingerprint density at radius 3 is 2.67 bits per heavy atom. The van der Waals surface area contributed by atoms with Crippen molar-refractivity contribution in [1.82, 2.24) is 9.97 Å². The first kappa shape index (κ1) is 11.7. The Morgan fingerprint density at radius 1 is 1.27 bits per heavy atom. The summed E-state index contributed by atoms with van der Waals surface area (Å²) in [5.41, 5.74) is 0.699. The monoisotopic (exact) mass is 224 g/mol. The predicted octanol–water partition coefficient (Wildman–Crippen LogP) is 3.32. The van der Waals surface area contributed by atoms with Crippen molar-refractivity contribution in [2.75, 3.05) is 7.11 Å². The van der Waals surface area contributed by atoms with Gasteiger partial charge in [0, 0.05) is 11.6 Å². The second-order valence-electron chi connectivity index (χ2n) is 2.55. The molecule has 0 spiro atoms. The van der Waals surface area contributed by atoms with Gasteiger partial charge in [-0.3, -0.25) is 0 Å². The zero-order valence-electron chi connectivity index (χ0n) is 8.99. The van der Waals surface area contributed by atoms with Gasteiger partial charge in [-0.2, -0.15) is 0 Å². The van der Waals surface area contributed by atoms with Crippen molar-refractivity contribution in [3.63, 3.8) is 0 Å². The van der Waals surface area contributed by atoms with E-state index in [1.165, 1.54) is 0 Å². The van der Waals surface area contributed by atoms with Crippen LogP contribution in [-0.4, -0.2) is 17.1 Å². The van der Waals surface area contributed by atoms with Gasteiger partial charge in [-0.25, -0.2) is 9.97 Å². The number of aromatic nitrogens is 2. The fourth-order valence-electron chi connectivity index (χ4n) is 1.12. The number of hydrogen-bond donors (Lipinski definition) is 0. The highest BCUT2D eigenvalue weighted by Crippen LogP contribution is 2.21. The molecule has 4 heteroatoms. The van der Waals surface area contributed by atoms with E-state index < -0.39 is 0 Å². The molecule has 0 atom stereocenters. The average molecular weight is 225 g/mol. The molecule has 0 aliphatic heterocycles. The number of methoxy groups -OCH3 is 1. The van der Waals surface area contributed by atoms with Gasteiger partial charge in [-0.15, -0.1) is 0 Å². The van der Waals surface area contributed by atoms with Gasteiger partial charge in [-0.1, -0.05) is 25.4 Å². The summed E-state index contributed by atoms with van der Waals surface area (Å²) in [6, 6.07) is 3.71. The van der Waals surface area contributed by atoms with Crippen molar-refractivity contribution < 1.29 is 4.74 Å². The standard InChI is InChI=1S/C9H7ClN2O.C2H6/c1-13-7-4-6-2-3-11-9(10)8(6)12-5-7;1-2/h2-5H,1H3;1-2H3. The molecule has 0 unspecified atom stereocenters. The van der Waals surface area contributed by atoms with E-state index in [-0.39, 0.29) is 0 Å². The molecular weight excluding hydrogens is 212 g/mol. The van der Waals surface area contributed by atoms with E-state index in [0.29, 0.717) is 10.7 Å². The maximum Gasteiger partial charge on any atom is 0.155 e. The van der Waals surface area contributed by atoms with Gasteiger partial charge in [0.1, 0.15) is 11.3 Å². The van der Waals surface area contributed by atoms with Crippen molar-refractivity contribution in [2.45, 2.75) is 13.8 Å². The van der Waals surface area contributed by atoms with Crippen LogP contribution in [0.2, 0.25) is 5.15 Å². The minimum atomic E-state index is 0.417. The average Bonchev–Trinajstić information content (AvgIpc) is 2.31. The van der Waals surface area contributed by atoms with E-state index in [0.717, 1.165) is 11.1 Å². The predicted molar refractivity (Wildman–Crippen MR) is 62.4 cm³/mol. The molecule has 0 amide bonds. The molecule has 0 radical (unpaired) electrons. The first-order chi connectivity index (χ1) is 7.31. The number of pyridine rings is 2. The van der Waals surface area contributed by atoms with Crippen LogP contribution >= 0.6 is 11.6 Å². The smallest absolute Gasteiger partial charge is 0.155 e. The topological polar surface area (TPSA) is 35.0 Å². The Kier molecular flexibility index (Phi) is 4.31. The van der Waals surface area contributed by atoms with Gasteiger partial charge in [-0.05, 0) is 12.1 Å². The number of ether oxygens (including phenoxy) is 1. The number of hydrogen-bond acceptors (Lipinski definition) is 3. The lowest BCUT2D eigenvalue weighted by Gasteiger charge is -2.01. The van der Waals surface area contributed by atoms with Crippen LogP contribution in [0.15, 0.2) is 24.5 Å². The maximum absolute atomic E-state index is 5.84. The molecule has 2 aromatic rings. The quantitative estimate of drug-likeness (QED) is 0.697. The van der Waals surface area contributed by atoms with Gasteiger partial charge in [0.15, 0.2) is 5.15 Å². The molecule has 80 valence electrons. The first-order valence-electron chi connectivity index (χ1n) is 4.75. The third-order valence-corrected chi connectivity index (χ3v) is 2.04. The first-order valence-corrected chi connectivity index (χ1v) is 5.13. The van der Waals surface area contributed by atoms with Crippen molar-refractivity contribution in [1.29, 1.82) is 0 Å². The van der Waals surface area contributed by atoms with Crippen molar-refractivity contribution >= 4 is 22.5 Å². The zero-order chi connectivity index (χ0) is 11.3. The minimum Gasteiger partial charge on any atom is -0.495 e. The van der Waals surface area contributed by atoms with E-state index >= 15 is 0 Å². The summed E-state index contributed by atoms with van der Waals surface area (Å²) < 4.78 is 5.04. The van der Waals surface area contributed by atoms with Crippen molar-refractivity contribution in [3.8, 4) is 5.75 Å². The molecule has 0 saturated carbocycles. The van der Waals surface area contributed by atoms with E-state index in [1.807, 2.05) is 26.0 Å². The SMILES string of the molecule is CC.COc1cnc2c(Cl)nccc2c1. The summed E-state index contributed by atoms with van der Waals surface area (Å²) in [5, 5.41) is 1.35. The molecule has 0 bridgehead atoms. The second kappa shape index (κ2) is 5.51. The van der Waals surface area contributed by atoms with Crippen LogP contribution < -0.4 is 4.74 Å². The summed E-state index contributed by atoms with van der Waals surface area (Å²) >= 11 is 5.84. The molecule has 2 aromatic heterocycles. The summed E-state index contributed by atoms with van der Waals surface area (Å²) in [6.45, 7) is 4.00. The Bertz CT molecular complexity index is 446. The molecule has 15 heavy (non-hydrogen) atoms. The third-order valence-electron chi connectivity index (χ3n) is 1.77. The Morgan fingerprint density at radius 2 is 2.00 bits per heavy atom. The molecular formula is C11H13ClN2O. The lowest BCUT2D eigenvalue weighted by atomic mass is 10.2. The number of nitrogens with zero attached hydrogens (tertiary/aromatic N) is 2. The molecule has 3 nitrogen and oxygen atoms in total. The maximum atomic E-state index is 5.84. The molecule has 0 saturated heterocycles. The van der Waals surface area contributed by atoms with Crippen molar-refractivity contribution in [2.24, 2.45) is 0 Å². The fraction of sp³-hybridized carbons (Fsp3) is 0.273. The highest BCUT2D eigenvalue weighted by molar-refractivity contribution is 6.33. The largest absolute Gasteiger partial charge is 0.495 e. The highest BCUT2D eigenvalue weighted by atomic mass is 35.5. The van der Waals surface area contributed by atoms with Crippen LogP contribution in [0, 0.1) is 0 Å². The summed E-state index contributed by atoms with van der Waals surface area (Å²) in [6.07, 6.45) is 3.27. The lowest BCUT2D eigenvalue weighted by molar-refractivity contribution is 0.414. The van der Waals surface area contributed by atoms with Crippen LogP contribution in [0.4, 0.5) is 0 Å². The third kappa shape index (κ3) is 2.57. The van der Waals surface area contributed by atoms with Crippen molar-refractivity contribution in [3.05, 3.63) is 29.7 Å². The van der Waals surface area contributed by atoms with Gasteiger partial charge in [0.05, 0.1) is 13.3 Å².